The van der Waals surface area contributed by atoms with Crippen LogP contribution in [0.1, 0.15) is 37.3 Å². The van der Waals surface area contributed by atoms with E-state index < -0.39 is 23.8 Å². The first-order valence-corrected chi connectivity index (χ1v) is 6.33. The zero-order chi connectivity index (χ0) is 15.4. The molecule has 1 rings (SSSR count). The molecule has 0 aromatic heterocycles. The summed E-state index contributed by atoms with van der Waals surface area (Å²) in [5.74, 6) is -1.34. The standard InChI is InChI=1S/C14H16F6/c1-10(13(15,16)17)4-2-3-5-11-6-8-12(9-7-11)14(18,19)20/h6-10H,2-5H2,1H3/t10-/m1/s1. The van der Waals surface area contributed by atoms with Crippen LogP contribution in [0.2, 0.25) is 0 Å². The molecule has 0 aliphatic rings. The van der Waals surface area contributed by atoms with E-state index in [1.54, 1.807) is 0 Å². The molecule has 0 radical (unpaired) electrons. The monoisotopic (exact) mass is 298 g/mol. The Labute approximate surface area is 113 Å². The van der Waals surface area contributed by atoms with Crippen molar-refractivity contribution in [1.29, 1.82) is 0 Å². The maximum atomic E-state index is 12.3. The van der Waals surface area contributed by atoms with E-state index in [0.29, 0.717) is 24.8 Å². The Morgan fingerprint density at radius 2 is 1.45 bits per heavy atom. The van der Waals surface area contributed by atoms with Crippen LogP contribution < -0.4 is 0 Å². The molecule has 0 saturated carbocycles. The van der Waals surface area contributed by atoms with Crippen molar-refractivity contribution in [2.75, 3.05) is 0 Å². The van der Waals surface area contributed by atoms with E-state index in [9.17, 15) is 26.3 Å². The summed E-state index contributed by atoms with van der Waals surface area (Å²) < 4.78 is 73.7. The minimum absolute atomic E-state index is 0.0458. The smallest absolute Gasteiger partial charge is 0.171 e. The first kappa shape index (κ1) is 16.9. The third-order valence-electron chi connectivity index (χ3n) is 3.19. The number of alkyl halides is 6. The van der Waals surface area contributed by atoms with Crippen molar-refractivity contribution in [3.63, 3.8) is 0 Å². The van der Waals surface area contributed by atoms with Gasteiger partial charge in [0, 0.05) is 0 Å². The SMILES string of the molecule is C[C@H](CCCCc1ccc(C(F)(F)F)cc1)C(F)(F)F. The van der Waals surface area contributed by atoms with Gasteiger partial charge in [0.1, 0.15) is 0 Å². The summed E-state index contributed by atoms with van der Waals surface area (Å²) in [5, 5.41) is 0. The Kier molecular flexibility index (Phi) is 5.48. The summed E-state index contributed by atoms with van der Waals surface area (Å²) in [7, 11) is 0. The molecular formula is C14H16F6. The molecule has 1 aromatic rings. The third kappa shape index (κ3) is 5.43. The molecule has 1 atom stereocenters. The average Bonchev–Trinajstić information content (AvgIpc) is 2.32. The van der Waals surface area contributed by atoms with Gasteiger partial charge in [0.05, 0.1) is 11.5 Å². The van der Waals surface area contributed by atoms with E-state index >= 15 is 0 Å². The second-order valence-electron chi connectivity index (χ2n) is 4.88. The molecule has 0 bridgehead atoms. The van der Waals surface area contributed by atoms with Crippen molar-refractivity contribution in [3.05, 3.63) is 35.4 Å². The van der Waals surface area contributed by atoms with E-state index in [-0.39, 0.29) is 6.42 Å². The zero-order valence-corrected chi connectivity index (χ0v) is 11.0. The summed E-state index contributed by atoms with van der Waals surface area (Å²) in [6.45, 7) is 1.14. The van der Waals surface area contributed by atoms with E-state index in [1.165, 1.54) is 12.1 Å². The molecule has 114 valence electrons. The van der Waals surface area contributed by atoms with Crippen molar-refractivity contribution in [2.45, 2.75) is 45.0 Å². The van der Waals surface area contributed by atoms with Crippen LogP contribution in [0, 0.1) is 5.92 Å². The Morgan fingerprint density at radius 1 is 0.900 bits per heavy atom. The predicted molar refractivity (Wildman–Crippen MR) is 64.2 cm³/mol. The lowest BCUT2D eigenvalue weighted by Crippen LogP contribution is -2.19. The van der Waals surface area contributed by atoms with Gasteiger partial charge in [-0.3, -0.25) is 0 Å². The Bertz CT molecular complexity index is 401. The molecule has 0 aliphatic carbocycles. The van der Waals surface area contributed by atoms with Crippen molar-refractivity contribution in [1.82, 2.24) is 0 Å². The molecule has 0 N–H and O–H groups in total. The van der Waals surface area contributed by atoms with Gasteiger partial charge in [-0.1, -0.05) is 25.5 Å². The van der Waals surface area contributed by atoms with E-state index in [2.05, 4.69) is 0 Å². The van der Waals surface area contributed by atoms with Gasteiger partial charge >= 0.3 is 12.4 Å². The fourth-order valence-electron chi connectivity index (χ4n) is 1.80. The lowest BCUT2D eigenvalue weighted by atomic mass is 10.00. The van der Waals surface area contributed by atoms with Crippen LogP contribution in [0.5, 0.6) is 0 Å². The number of rotatable bonds is 5. The van der Waals surface area contributed by atoms with Crippen LogP contribution in [-0.4, -0.2) is 6.18 Å². The molecule has 20 heavy (non-hydrogen) atoms. The number of aryl methyl sites for hydroxylation is 1. The number of benzene rings is 1. The zero-order valence-electron chi connectivity index (χ0n) is 11.0. The second kappa shape index (κ2) is 6.50. The van der Waals surface area contributed by atoms with Crippen molar-refractivity contribution >= 4 is 0 Å². The van der Waals surface area contributed by atoms with Crippen LogP contribution in [0.15, 0.2) is 24.3 Å². The Morgan fingerprint density at radius 3 is 1.90 bits per heavy atom. The second-order valence-corrected chi connectivity index (χ2v) is 4.88. The average molecular weight is 298 g/mol. The van der Waals surface area contributed by atoms with Crippen LogP contribution >= 0.6 is 0 Å². The fraction of sp³-hybridized carbons (Fsp3) is 0.571. The van der Waals surface area contributed by atoms with Gasteiger partial charge in [-0.15, -0.1) is 0 Å². The molecule has 0 fully saturated rings. The van der Waals surface area contributed by atoms with Gasteiger partial charge in [0.2, 0.25) is 0 Å². The lowest BCUT2D eigenvalue weighted by Gasteiger charge is -2.15. The molecule has 0 saturated heterocycles. The molecular weight excluding hydrogens is 282 g/mol. The highest BCUT2D eigenvalue weighted by Gasteiger charge is 2.35. The molecule has 0 aliphatic heterocycles. The third-order valence-corrected chi connectivity index (χ3v) is 3.19. The predicted octanol–water partition coefficient (Wildman–Crippen LogP) is 5.62. The number of unbranched alkanes of at least 4 members (excludes halogenated alkanes) is 1. The van der Waals surface area contributed by atoms with E-state index in [0.717, 1.165) is 19.1 Å². The molecule has 0 amide bonds. The maximum Gasteiger partial charge on any atom is 0.416 e. The van der Waals surface area contributed by atoms with Crippen molar-refractivity contribution < 1.29 is 26.3 Å². The van der Waals surface area contributed by atoms with Gasteiger partial charge in [-0.05, 0) is 37.0 Å². The number of hydrogen-bond donors (Lipinski definition) is 0. The summed E-state index contributed by atoms with van der Waals surface area (Å²) in [6, 6.07) is 4.73. The Balaban J connectivity index is 2.36. The van der Waals surface area contributed by atoms with Crippen LogP contribution in [0.3, 0.4) is 0 Å². The van der Waals surface area contributed by atoms with Crippen LogP contribution in [0.25, 0.3) is 0 Å². The maximum absolute atomic E-state index is 12.3. The number of hydrogen-bond acceptors (Lipinski definition) is 0. The largest absolute Gasteiger partial charge is 0.416 e. The molecule has 6 heteroatoms. The van der Waals surface area contributed by atoms with Crippen LogP contribution in [-0.2, 0) is 12.6 Å². The number of halogens is 6. The minimum Gasteiger partial charge on any atom is -0.171 e. The van der Waals surface area contributed by atoms with Crippen LogP contribution in [0.4, 0.5) is 26.3 Å². The quantitative estimate of drug-likeness (QED) is 0.489. The van der Waals surface area contributed by atoms with Crippen molar-refractivity contribution in [2.24, 2.45) is 5.92 Å². The summed E-state index contributed by atoms with van der Waals surface area (Å²) in [6.07, 6.45) is -7.06. The van der Waals surface area contributed by atoms with Gasteiger partial charge < -0.3 is 0 Å². The highest BCUT2D eigenvalue weighted by Crippen LogP contribution is 2.30. The molecule has 0 nitrogen and oxygen atoms in total. The Hall–Kier alpha value is -1.20. The summed E-state index contributed by atoms with van der Waals surface area (Å²) >= 11 is 0. The molecule has 0 spiro atoms. The minimum atomic E-state index is -4.36. The van der Waals surface area contributed by atoms with Gasteiger partial charge in [0.15, 0.2) is 0 Å². The fourth-order valence-corrected chi connectivity index (χ4v) is 1.80. The lowest BCUT2D eigenvalue weighted by molar-refractivity contribution is -0.171. The normalized spacial score (nSPS) is 14.3. The van der Waals surface area contributed by atoms with E-state index in [4.69, 9.17) is 0 Å². The molecule has 0 heterocycles. The summed E-state index contributed by atoms with van der Waals surface area (Å²) in [4.78, 5) is 0. The first-order valence-electron chi connectivity index (χ1n) is 6.33. The molecule has 1 aromatic carbocycles. The molecule has 0 unspecified atom stereocenters. The topological polar surface area (TPSA) is 0 Å². The van der Waals surface area contributed by atoms with E-state index in [1.807, 2.05) is 0 Å². The van der Waals surface area contributed by atoms with Gasteiger partial charge in [0.25, 0.3) is 0 Å². The first-order chi connectivity index (χ1) is 9.10. The highest BCUT2D eigenvalue weighted by atomic mass is 19.4. The van der Waals surface area contributed by atoms with Crippen molar-refractivity contribution in [3.8, 4) is 0 Å². The highest BCUT2D eigenvalue weighted by molar-refractivity contribution is 5.24. The summed E-state index contributed by atoms with van der Waals surface area (Å²) in [5.41, 5.74) is -0.00962. The van der Waals surface area contributed by atoms with Gasteiger partial charge in [-0.2, -0.15) is 26.3 Å². The van der Waals surface area contributed by atoms with Gasteiger partial charge in [-0.25, -0.2) is 0 Å².